The average Bonchev–Trinajstić information content (AvgIpc) is 2.56. The van der Waals surface area contributed by atoms with Gasteiger partial charge in [-0.25, -0.2) is 8.42 Å². The Balaban J connectivity index is 2.38. The van der Waals surface area contributed by atoms with E-state index in [-0.39, 0.29) is 17.2 Å². The number of halogens is 1. The zero-order valence-electron chi connectivity index (χ0n) is 13.0. The maximum atomic E-state index is 12.7. The van der Waals surface area contributed by atoms with Crippen LogP contribution in [0.25, 0.3) is 0 Å². The SMILES string of the molecule is COc1ccc(S(=O)(=O)N(C)Cc2ccccc2Br)cc1[N+](=O)[O-]. The third-order valence-electron chi connectivity index (χ3n) is 3.41. The second-order valence-electron chi connectivity index (χ2n) is 4.94. The van der Waals surface area contributed by atoms with Crippen molar-refractivity contribution in [3.05, 3.63) is 62.6 Å². The van der Waals surface area contributed by atoms with Gasteiger partial charge in [-0.3, -0.25) is 10.1 Å². The Kier molecular flexibility index (Phi) is 5.58. The highest BCUT2D eigenvalue weighted by Crippen LogP contribution is 2.31. The quantitative estimate of drug-likeness (QED) is 0.534. The standard InChI is InChI=1S/C15H15BrN2O5S/c1-17(10-11-5-3-4-6-13(11)16)24(21,22)12-7-8-15(23-2)14(9-12)18(19)20/h3-9H,10H2,1-2H3. The predicted octanol–water partition coefficient (Wildman–Crippen LogP) is 3.19. The van der Waals surface area contributed by atoms with E-state index < -0.39 is 20.6 Å². The van der Waals surface area contributed by atoms with Crippen LogP contribution in [0.5, 0.6) is 5.75 Å². The molecular weight excluding hydrogens is 400 g/mol. The number of benzene rings is 2. The van der Waals surface area contributed by atoms with Crippen molar-refractivity contribution in [3.63, 3.8) is 0 Å². The number of hydrogen-bond donors (Lipinski definition) is 0. The fourth-order valence-electron chi connectivity index (χ4n) is 2.10. The van der Waals surface area contributed by atoms with Gasteiger partial charge in [0, 0.05) is 24.1 Å². The van der Waals surface area contributed by atoms with Gasteiger partial charge in [0.1, 0.15) is 0 Å². The van der Waals surface area contributed by atoms with Gasteiger partial charge < -0.3 is 4.74 Å². The summed E-state index contributed by atoms with van der Waals surface area (Å²) in [6, 6.07) is 10.8. The minimum Gasteiger partial charge on any atom is -0.490 e. The molecule has 2 rings (SSSR count). The molecule has 2 aromatic carbocycles. The lowest BCUT2D eigenvalue weighted by molar-refractivity contribution is -0.386. The number of hydrogen-bond acceptors (Lipinski definition) is 5. The summed E-state index contributed by atoms with van der Waals surface area (Å²) in [5, 5.41) is 11.1. The average molecular weight is 415 g/mol. The van der Waals surface area contributed by atoms with Crippen LogP contribution in [0.1, 0.15) is 5.56 Å². The van der Waals surface area contributed by atoms with Gasteiger partial charge >= 0.3 is 5.69 Å². The molecule has 0 aliphatic carbocycles. The van der Waals surface area contributed by atoms with Crippen molar-refractivity contribution in [2.24, 2.45) is 0 Å². The van der Waals surface area contributed by atoms with Crippen LogP contribution in [0.15, 0.2) is 51.8 Å². The number of nitro groups is 1. The molecule has 2 aromatic rings. The van der Waals surface area contributed by atoms with Crippen molar-refractivity contribution in [3.8, 4) is 5.75 Å². The van der Waals surface area contributed by atoms with Crippen LogP contribution >= 0.6 is 15.9 Å². The summed E-state index contributed by atoms with van der Waals surface area (Å²) in [6.07, 6.45) is 0. The molecule has 0 saturated carbocycles. The maximum Gasteiger partial charge on any atom is 0.312 e. The lowest BCUT2D eigenvalue weighted by atomic mass is 10.2. The predicted molar refractivity (Wildman–Crippen MR) is 92.4 cm³/mol. The second-order valence-corrected chi connectivity index (χ2v) is 7.84. The van der Waals surface area contributed by atoms with Gasteiger partial charge in [-0.2, -0.15) is 4.31 Å². The van der Waals surface area contributed by atoms with Crippen molar-refractivity contribution < 1.29 is 18.1 Å². The molecule has 0 N–H and O–H groups in total. The molecule has 0 heterocycles. The number of ether oxygens (including phenoxy) is 1. The number of nitrogens with zero attached hydrogens (tertiary/aromatic N) is 2. The summed E-state index contributed by atoms with van der Waals surface area (Å²) in [4.78, 5) is 10.2. The molecule has 0 aromatic heterocycles. The lowest BCUT2D eigenvalue weighted by Crippen LogP contribution is -2.26. The largest absolute Gasteiger partial charge is 0.490 e. The van der Waals surface area contributed by atoms with Gasteiger partial charge in [-0.15, -0.1) is 0 Å². The molecule has 0 saturated heterocycles. The number of rotatable bonds is 6. The van der Waals surface area contributed by atoms with E-state index >= 15 is 0 Å². The van der Waals surface area contributed by atoms with E-state index in [1.54, 1.807) is 12.1 Å². The summed E-state index contributed by atoms with van der Waals surface area (Å²) < 4.78 is 32.2. The van der Waals surface area contributed by atoms with E-state index in [2.05, 4.69) is 15.9 Å². The van der Waals surface area contributed by atoms with Crippen molar-refractivity contribution in [2.45, 2.75) is 11.4 Å². The smallest absolute Gasteiger partial charge is 0.312 e. The molecule has 128 valence electrons. The molecule has 0 spiro atoms. The molecule has 0 unspecified atom stereocenters. The Morgan fingerprint density at radius 2 is 1.92 bits per heavy atom. The van der Waals surface area contributed by atoms with Crippen molar-refractivity contribution in [1.82, 2.24) is 4.31 Å². The second kappa shape index (κ2) is 7.29. The lowest BCUT2D eigenvalue weighted by Gasteiger charge is -2.18. The van der Waals surface area contributed by atoms with E-state index in [1.807, 2.05) is 12.1 Å². The Morgan fingerprint density at radius 1 is 1.25 bits per heavy atom. The molecule has 7 nitrogen and oxygen atoms in total. The first-order valence-corrected chi connectivity index (χ1v) is 9.03. The molecule has 0 aliphatic rings. The Hall–Kier alpha value is -1.97. The normalized spacial score (nSPS) is 11.5. The van der Waals surface area contributed by atoms with Crippen LogP contribution in [0.3, 0.4) is 0 Å². The van der Waals surface area contributed by atoms with Crippen molar-refractivity contribution >= 4 is 31.6 Å². The molecule has 0 amide bonds. The molecular formula is C15H15BrN2O5S. The molecule has 9 heteroatoms. The van der Waals surface area contributed by atoms with Crippen LogP contribution in [0.4, 0.5) is 5.69 Å². The molecule has 24 heavy (non-hydrogen) atoms. The van der Waals surface area contributed by atoms with Crippen LogP contribution in [-0.2, 0) is 16.6 Å². The Bertz CT molecular complexity index is 870. The van der Waals surface area contributed by atoms with Gasteiger partial charge in [-0.1, -0.05) is 34.1 Å². The van der Waals surface area contributed by atoms with Crippen LogP contribution < -0.4 is 4.74 Å². The van der Waals surface area contributed by atoms with E-state index in [9.17, 15) is 18.5 Å². The zero-order valence-corrected chi connectivity index (χ0v) is 15.4. The van der Waals surface area contributed by atoms with Crippen LogP contribution in [0, 0.1) is 10.1 Å². The first-order valence-electron chi connectivity index (χ1n) is 6.79. The Morgan fingerprint density at radius 3 is 2.50 bits per heavy atom. The first kappa shape index (κ1) is 18.4. The minimum atomic E-state index is -3.88. The van der Waals surface area contributed by atoms with E-state index in [4.69, 9.17) is 4.74 Å². The third-order valence-corrected chi connectivity index (χ3v) is 5.98. The monoisotopic (exact) mass is 414 g/mol. The summed E-state index contributed by atoms with van der Waals surface area (Å²) in [5.41, 5.74) is 0.388. The van der Waals surface area contributed by atoms with E-state index in [0.29, 0.717) is 0 Å². The van der Waals surface area contributed by atoms with Crippen LogP contribution in [0.2, 0.25) is 0 Å². The number of methoxy groups -OCH3 is 1. The summed E-state index contributed by atoms with van der Waals surface area (Å²) in [7, 11) is -1.17. The van der Waals surface area contributed by atoms with Crippen LogP contribution in [-0.4, -0.2) is 31.8 Å². The summed E-state index contributed by atoms with van der Waals surface area (Å²) >= 11 is 3.37. The maximum absolute atomic E-state index is 12.7. The minimum absolute atomic E-state index is 0.00686. The molecule has 0 bridgehead atoms. The van der Waals surface area contributed by atoms with Gasteiger partial charge in [0.05, 0.1) is 16.9 Å². The summed E-state index contributed by atoms with van der Waals surface area (Å²) in [6.45, 7) is 0.129. The van der Waals surface area contributed by atoms with E-state index in [1.165, 1.54) is 26.3 Å². The summed E-state index contributed by atoms with van der Waals surface area (Å²) in [5.74, 6) is 0.00686. The van der Waals surface area contributed by atoms with Crippen molar-refractivity contribution in [2.75, 3.05) is 14.2 Å². The highest BCUT2D eigenvalue weighted by Gasteiger charge is 2.26. The number of sulfonamides is 1. The van der Waals surface area contributed by atoms with Gasteiger partial charge in [0.15, 0.2) is 5.75 Å². The van der Waals surface area contributed by atoms with Gasteiger partial charge in [-0.05, 0) is 23.8 Å². The van der Waals surface area contributed by atoms with E-state index in [0.717, 1.165) is 20.4 Å². The Labute approximate surface area is 148 Å². The molecule has 0 aliphatic heterocycles. The third kappa shape index (κ3) is 3.74. The molecule has 0 atom stereocenters. The molecule has 0 radical (unpaired) electrons. The fraction of sp³-hybridized carbons (Fsp3) is 0.200. The first-order chi connectivity index (χ1) is 11.3. The fourth-order valence-corrected chi connectivity index (χ4v) is 3.68. The zero-order chi connectivity index (χ0) is 17.9. The molecule has 0 fully saturated rings. The highest BCUT2D eigenvalue weighted by molar-refractivity contribution is 9.10. The van der Waals surface area contributed by atoms with Gasteiger partial charge in [0.2, 0.25) is 10.0 Å². The van der Waals surface area contributed by atoms with Gasteiger partial charge in [0.25, 0.3) is 0 Å². The highest BCUT2D eigenvalue weighted by atomic mass is 79.9. The number of nitro benzene ring substituents is 1. The van der Waals surface area contributed by atoms with Crippen molar-refractivity contribution in [1.29, 1.82) is 0 Å². The topological polar surface area (TPSA) is 89.8 Å².